The Hall–Kier alpha value is -2.82. The molecule has 1 aliphatic heterocycles. The van der Waals surface area contributed by atoms with Crippen LogP contribution >= 0.6 is 0 Å². The largest absolute Gasteiger partial charge is 0.402 e. The first-order chi connectivity index (χ1) is 9.74. The predicted molar refractivity (Wildman–Crippen MR) is 71.2 cm³/mol. The fourth-order valence-corrected chi connectivity index (χ4v) is 1.76. The van der Waals surface area contributed by atoms with Gasteiger partial charge in [-0.15, -0.1) is 0 Å². The Morgan fingerprint density at radius 1 is 1.10 bits per heavy atom. The minimum atomic E-state index is -0.617. The zero-order valence-corrected chi connectivity index (χ0v) is 10.3. The van der Waals surface area contributed by atoms with E-state index in [1.807, 2.05) is 0 Å². The summed E-state index contributed by atoms with van der Waals surface area (Å²) in [6.45, 7) is 0. The quantitative estimate of drug-likeness (QED) is 0.621. The molecule has 3 rings (SSSR count). The van der Waals surface area contributed by atoms with Gasteiger partial charge >= 0.3 is 5.97 Å². The highest BCUT2D eigenvalue weighted by Gasteiger charge is 2.25. The van der Waals surface area contributed by atoms with Crippen molar-refractivity contribution >= 4 is 17.9 Å². The van der Waals surface area contributed by atoms with Crippen LogP contribution in [-0.4, -0.2) is 16.9 Å². The van der Waals surface area contributed by atoms with Crippen LogP contribution in [0, 0.1) is 5.82 Å². The average molecular weight is 268 g/mol. The maximum absolute atomic E-state index is 13.6. The fourth-order valence-electron chi connectivity index (χ4n) is 1.76. The number of esters is 1. The van der Waals surface area contributed by atoms with Gasteiger partial charge in [-0.05, 0) is 30.3 Å². The molecule has 0 unspecified atom stereocenters. The minimum absolute atomic E-state index is 0.0321. The molecule has 0 saturated heterocycles. The number of rotatable bonds is 2. The molecule has 0 N–H and O–H groups in total. The van der Waals surface area contributed by atoms with Crippen molar-refractivity contribution in [3.63, 3.8) is 0 Å². The Labute approximate surface area is 114 Å². The van der Waals surface area contributed by atoms with Gasteiger partial charge in [0.15, 0.2) is 5.70 Å². The lowest BCUT2D eigenvalue weighted by Crippen LogP contribution is -2.07. The molecule has 0 radical (unpaired) electrons. The number of hydrogen-bond acceptors (Lipinski definition) is 4. The van der Waals surface area contributed by atoms with Gasteiger partial charge in [-0.3, -0.25) is 4.98 Å². The summed E-state index contributed by atoms with van der Waals surface area (Å²) in [6, 6.07) is 11.3. The Kier molecular flexibility index (Phi) is 3.09. The van der Waals surface area contributed by atoms with Crippen molar-refractivity contribution < 1.29 is 13.9 Å². The van der Waals surface area contributed by atoms with Crippen LogP contribution < -0.4 is 0 Å². The zero-order valence-electron chi connectivity index (χ0n) is 10.3. The summed E-state index contributed by atoms with van der Waals surface area (Å²) in [5.41, 5.74) is 0.838. The number of aliphatic imine (C=N–C) groups is 1. The van der Waals surface area contributed by atoms with E-state index in [4.69, 9.17) is 4.74 Å². The SMILES string of the molecule is O=C1OC(c2ccccc2F)=N/C1=C/c1ccccn1. The Morgan fingerprint density at radius 3 is 2.65 bits per heavy atom. The molecular weight excluding hydrogens is 259 g/mol. The van der Waals surface area contributed by atoms with Gasteiger partial charge < -0.3 is 4.74 Å². The lowest BCUT2D eigenvalue weighted by molar-refractivity contribution is -0.129. The molecule has 0 amide bonds. The van der Waals surface area contributed by atoms with E-state index in [9.17, 15) is 9.18 Å². The number of cyclic esters (lactones) is 1. The highest BCUT2D eigenvalue weighted by Crippen LogP contribution is 2.19. The summed E-state index contributed by atoms with van der Waals surface area (Å²) in [5, 5.41) is 0. The third kappa shape index (κ3) is 2.33. The minimum Gasteiger partial charge on any atom is -0.402 e. The van der Waals surface area contributed by atoms with Gasteiger partial charge in [-0.2, -0.15) is 0 Å². The van der Waals surface area contributed by atoms with Gasteiger partial charge in [0.2, 0.25) is 5.90 Å². The summed E-state index contributed by atoms with van der Waals surface area (Å²) in [4.78, 5) is 19.8. The first-order valence-electron chi connectivity index (χ1n) is 5.92. The van der Waals surface area contributed by atoms with Crippen molar-refractivity contribution in [1.29, 1.82) is 0 Å². The molecule has 1 aliphatic rings. The van der Waals surface area contributed by atoms with E-state index in [0.717, 1.165) is 0 Å². The first kappa shape index (κ1) is 12.2. The number of benzene rings is 1. The molecule has 0 atom stereocenters. The Morgan fingerprint density at radius 2 is 1.90 bits per heavy atom. The lowest BCUT2D eigenvalue weighted by atomic mass is 10.2. The Balaban J connectivity index is 1.98. The fraction of sp³-hybridized carbons (Fsp3) is 0. The van der Waals surface area contributed by atoms with Crippen molar-refractivity contribution in [2.24, 2.45) is 4.99 Å². The molecule has 4 nitrogen and oxygen atoms in total. The first-order valence-corrected chi connectivity index (χ1v) is 5.92. The summed E-state index contributed by atoms with van der Waals surface area (Å²) in [7, 11) is 0. The number of ether oxygens (including phenoxy) is 1. The van der Waals surface area contributed by atoms with Gasteiger partial charge in [-0.1, -0.05) is 18.2 Å². The molecule has 1 aromatic heterocycles. The molecule has 1 aromatic carbocycles. The molecule has 0 saturated carbocycles. The van der Waals surface area contributed by atoms with Gasteiger partial charge in [0, 0.05) is 6.20 Å². The topological polar surface area (TPSA) is 51.5 Å². The second-order valence-electron chi connectivity index (χ2n) is 4.07. The van der Waals surface area contributed by atoms with Gasteiger partial charge in [0.1, 0.15) is 5.82 Å². The highest BCUT2D eigenvalue weighted by molar-refractivity contribution is 6.12. The summed E-state index contributed by atoms with van der Waals surface area (Å²) in [6.07, 6.45) is 3.10. The van der Waals surface area contributed by atoms with Gasteiger partial charge in [0.25, 0.3) is 0 Å². The van der Waals surface area contributed by atoms with E-state index in [0.29, 0.717) is 5.69 Å². The van der Waals surface area contributed by atoms with Crippen molar-refractivity contribution in [3.05, 3.63) is 71.4 Å². The monoisotopic (exact) mass is 268 g/mol. The van der Waals surface area contributed by atoms with E-state index < -0.39 is 11.8 Å². The maximum atomic E-state index is 13.6. The standard InChI is InChI=1S/C15H9FN2O2/c16-12-7-2-1-6-11(12)14-18-13(15(19)20-14)9-10-5-3-4-8-17-10/h1-9H/b13-9+. The molecular formula is C15H9FN2O2. The predicted octanol–water partition coefficient (Wildman–Crippen LogP) is 2.57. The molecule has 20 heavy (non-hydrogen) atoms. The lowest BCUT2D eigenvalue weighted by Gasteiger charge is -1.99. The third-order valence-electron chi connectivity index (χ3n) is 2.70. The van der Waals surface area contributed by atoms with E-state index in [1.165, 1.54) is 18.2 Å². The Bertz CT molecular complexity index is 724. The van der Waals surface area contributed by atoms with Crippen LogP contribution in [0.4, 0.5) is 4.39 Å². The van der Waals surface area contributed by atoms with Gasteiger partial charge in [-0.25, -0.2) is 14.2 Å². The maximum Gasteiger partial charge on any atom is 0.363 e. The summed E-state index contributed by atoms with van der Waals surface area (Å²) < 4.78 is 18.6. The molecule has 0 aliphatic carbocycles. The smallest absolute Gasteiger partial charge is 0.363 e. The number of carbonyl (C=O) groups excluding carboxylic acids is 1. The molecule has 2 heterocycles. The van der Waals surface area contributed by atoms with E-state index in [2.05, 4.69) is 9.98 Å². The average Bonchev–Trinajstić information content (AvgIpc) is 2.81. The van der Waals surface area contributed by atoms with E-state index in [1.54, 1.807) is 36.5 Å². The van der Waals surface area contributed by atoms with Crippen LogP contribution in [-0.2, 0) is 9.53 Å². The van der Waals surface area contributed by atoms with Crippen molar-refractivity contribution in [1.82, 2.24) is 4.98 Å². The van der Waals surface area contributed by atoms with Crippen LogP contribution in [0.3, 0.4) is 0 Å². The van der Waals surface area contributed by atoms with Crippen LogP contribution in [0.2, 0.25) is 0 Å². The van der Waals surface area contributed by atoms with Crippen molar-refractivity contribution in [3.8, 4) is 0 Å². The number of carbonyl (C=O) groups is 1. The van der Waals surface area contributed by atoms with Crippen LogP contribution in [0.5, 0.6) is 0 Å². The molecule has 98 valence electrons. The van der Waals surface area contributed by atoms with E-state index >= 15 is 0 Å². The number of hydrogen-bond donors (Lipinski definition) is 0. The number of pyridine rings is 1. The van der Waals surface area contributed by atoms with Crippen LogP contribution in [0.15, 0.2) is 59.4 Å². The number of aromatic nitrogens is 1. The molecule has 5 heteroatoms. The van der Waals surface area contributed by atoms with Crippen molar-refractivity contribution in [2.75, 3.05) is 0 Å². The molecule has 2 aromatic rings. The van der Waals surface area contributed by atoms with E-state index in [-0.39, 0.29) is 17.2 Å². The normalized spacial score (nSPS) is 16.1. The zero-order chi connectivity index (χ0) is 13.9. The van der Waals surface area contributed by atoms with Crippen LogP contribution in [0.25, 0.3) is 6.08 Å². The molecule has 0 bridgehead atoms. The van der Waals surface area contributed by atoms with Gasteiger partial charge in [0.05, 0.1) is 11.3 Å². The van der Waals surface area contributed by atoms with Crippen molar-refractivity contribution in [2.45, 2.75) is 0 Å². The number of halogens is 1. The molecule has 0 spiro atoms. The third-order valence-corrected chi connectivity index (χ3v) is 2.70. The summed E-state index contributed by atoms with van der Waals surface area (Å²) in [5.74, 6) is -1.14. The number of nitrogens with zero attached hydrogens (tertiary/aromatic N) is 2. The summed E-state index contributed by atoms with van der Waals surface area (Å²) >= 11 is 0. The van der Waals surface area contributed by atoms with Crippen LogP contribution in [0.1, 0.15) is 11.3 Å². The second-order valence-corrected chi connectivity index (χ2v) is 4.07. The molecule has 0 fully saturated rings. The highest BCUT2D eigenvalue weighted by atomic mass is 19.1. The second kappa shape index (κ2) is 5.05.